The number of carbonyl (C=O) groups is 1. The minimum atomic E-state index is 0. The number of aromatic nitrogens is 1. The van der Waals surface area contributed by atoms with E-state index in [0.29, 0.717) is 0 Å². The Balaban J connectivity index is 0.00000128. The Bertz CT molecular complexity index is 327. The molecule has 1 aromatic rings. The number of rotatable bonds is 4. The highest BCUT2D eigenvalue weighted by Crippen LogP contribution is 2.19. The first-order valence-corrected chi connectivity index (χ1v) is 6.09. The third-order valence-corrected chi connectivity index (χ3v) is 3.52. The highest BCUT2D eigenvalue weighted by atomic mass is 35.5. The zero-order valence-electron chi connectivity index (χ0n) is 9.10. The van der Waals surface area contributed by atoms with Crippen molar-refractivity contribution in [3.05, 3.63) is 16.6 Å². The summed E-state index contributed by atoms with van der Waals surface area (Å²) in [6, 6.07) is 0.0816. The van der Waals surface area contributed by atoms with E-state index in [1.807, 2.05) is 5.38 Å². The molecule has 1 saturated heterocycles. The summed E-state index contributed by atoms with van der Waals surface area (Å²) in [6.07, 6.45) is 2.67. The second-order valence-electron chi connectivity index (χ2n) is 3.69. The van der Waals surface area contributed by atoms with Crippen LogP contribution in [0.5, 0.6) is 0 Å². The average Bonchev–Trinajstić information content (AvgIpc) is 2.63. The lowest BCUT2D eigenvalue weighted by atomic mass is 10.0. The van der Waals surface area contributed by atoms with Crippen LogP contribution in [0.1, 0.15) is 24.4 Å². The molecule has 1 amide bonds. The lowest BCUT2D eigenvalue weighted by Gasteiger charge is -2.27. The first-order chi connectivity index (χ1) is 7.31. The Morgan fingerprint density at radius 2 is 2.50 bits per heavy atom. The molecule has 6 heteroatoms. The van der Waals surface area contributed by atoms with Crippen molar-refractivity contribution in [2.45, 2.75) is 19.4 Å². The molecule has 1 atom stereocenters. The van der Waals surface area contributed by atoms with Crippen molar-refractivity contribution < 1.29 is 4.79 Å². The fraction of sp³-hybridized carbons (Fsp3) is 0.600. The number of amides is 1. The van der Waals surface area contributed by atoms with Gasteiger partial charge in [-0.1, -0.05) is 6.92 Å². The minimum absolute atomic E-state index is 0. The van der Waals surface area contributed by atoms with Crippen LogP contribution < -0.4 is 10.6 Å². The molecule has 0 bridgehead atoms. The van der Waals surface area contributed by atoms with Crippen LogP contribution in [0, 0.1) is 5.92 Å². The molecule has 2 rings (SSSR count). The van der Waals surface area contributed by atoms with Gasteiger partial charge in [-0.05, 0) is 6.42 Å². The van der Waals surface area contributed by atoms with E-state index < -0.39 is 0 Å². The lowest BCUT2D eigenvalue weighted by molar-refractivity contribution is -0.127. The molecular weight excluding hydrogens is 246 g/mol. The second kappa shape index (κ2) is 6.18. The molecule has 0 radical (unpaired) electrons. The summed E-state index contributed by atoms with van der Waals surface area (Å²) in [4.78, 5) is 15.9. The van der Waals surface area contributed by atoms with Crippen molar-refractivity contribution in [1.29, 1.82) is 0 Å². The predicted molar refractivity (Wildman–Crippen MR) is 66.9 cm³/mol. The second-order valence-corrected chi connectivity index (χ2v) is 4.62. The Morgan fingerprint density at radius 3 is 2.94 bits per heavy atom. The zero-order chi connectivity index (χ0) is 10.7. The summed E-state index contributed by atoms with van der Waals surface area (Å²) < 4.78 is 0. The lowest BCUT2D eigenvalue weighted by Crippen LogP contribution is -2.51. The van der Waals surface area contributed by atoms with Crippen LogP contribution in [0.15, 0.2) is 11.6 Å². The van der Waals surface area contributed by atoms with Crippen LogP contribution in [0.25, 0.3) is 0 Å². The molecule has 0 saturated carbocycles. The van der Waals surface area contributed by atoms with Gasteiger partial charge in [0.15, 0.2) is 0 Å². The van der Waals surface area contributed by atoms with Crippen molar-refractivity contribution in [1.82, 2.24) is 15.6 Å². The first-order valence-electron chi connectivity index (χ1n) is 5.21. The molecule has 16 heavy (non-hydrogen) atoms. The predicted octanol–water partition coefficient (Wildman–Crippen LogP) is 1.35. The Labute approximate surface area is 105 Å². The van der Waals surface area contributed by atoms with Crippen LogP contribution in [0.4, 0.5) is 0 Å². The molecule has 0 aliphatic carbocycles. The Kier molecular flexibility index (Phi) is 5.18. The number of halogens is 1. The van der Waals surface area contributed by atoms with Gasteiger partial charge in [0.2, 0.25) is 5.91 Å². The van der Waals surface area contributed by atoms with Gasteiger partial charge in [-0.2, -0.15) is 0 Å². The van der Waals surface area contributed by atoms with E-state index in [2.05, 4.69) is 22.5 Å². The van der Waals surface area contributed by atoms with Gasteiger partial charge >= 0.3 is 0 Å². The molecule has 1 fully saturated rings. The standard InChI is InChI=1S/C10H15N3OS.ClH/c1-2-8(10-12-3-4-15-10)13-9(14)7-5-11-6-7;/h3-4,7-8,11H,2,5-6H2,1H3,(H,13,14);1H. The van der Waals surface area contributed by atoms with E-state index in [9.17, 15) is 4.79 Å². The van der Waals surface area contributed by atoms with E-state index >= 15 is 0 Å². The topological polar surface area (TPSA) is 54.0 Å². The quantitative estimate of drug-likeness (QED) is 0.860. The monoisotopic (exact) mass is 261 g/mol. The SMILES string of the molecule is CCC(NC(=O)C1CNC1)c1nccs1.Cl. The van der Waals surface area contributed by atoms with Crippen molar-refractivity contribution in [2.75, 3.05) is 13.1 Å². The maximum Gasteiger partial charge on any atom is 0.226 e. The molecule has 90 valence electrons. The average molecular weight is 262 g/mol. The van der Waals surface area contributed by atoms with E-state index in [0.717, 1.165) is 24.5 Å². The highest BCUT2D eigenvalue weighted by Gasteiger charge is 2.27. The fourth-order valence-corrected chi connectivity index (χ4v) is 2.28. The van der Waals surface area contributed by atoms with Crippen LogP contribution in [-0.4, -0.2) is 24.0 Å². The summed E-state index contributed by atoms with van der Waals surface area (Å²) in [5, 5.41) is 9.07. The molecule has 2 N–H and O–H groups in total. The summed E-state index contributed by atoms with van der Waals surface area (Å²) in [7, 11) is 0. The van der Waals surface area contributed by atoms with Crippen molar-refractivity contribution in [3.8, 4) is 0 Å². The Morgan fingerprint density at radius 1 is 1.75 bits per heavy atom. The molecule has 4 nitrogen and oxygen atoms in total. The largest absolute Gasteiger partial charge is 0.347 e. The van der Waals surface area contributed by atoms with E-state index in [1.54, 1.807) is 17.5 Å². The maximum absolute atomic E-state index is 11.7. The fourth-order valence-electron chi connectivity index (χ4n) is 1.51. The number of nitrogens with one attached hydrogen (secondary N) is 2. The summed E-state index contributed by atoms with van der Waals surface area (Å²) in [6.45, 7) is 3.67. The number of carbonyl (C=O) groups excluding carboxylic acids is 1. The van der Waals surface area contributed by atoms with Crippen molar-refractivity contribution in [3.63, 3.8) is 0 Å². The zero-order valence-corrected chi connectivity index (χ0v) is 10.7. The molecule has 0 spiro atoms. The van der Waals surface area contributed by atoms with Gasteiger partial charge in [0, 0.05) is 24.7 Å². The van der Waals surface area contributed by atoms with Gasteiger partial charge in [-0.25, -0.2) is 4.98 Å². The van der Waals surface area contributed by atoms with Crippen molar-refractivity contribution in [2.24, 2.45) is 5.92 Å². The smallest absolute Gasteiger partial charge is 0.226 e. The Hall–Kier alpha value is -0.650. The molecule has 1 aliphatic heterocycles. The normalized spacial score (nSPS) is 17.1. The first kappa shape index (κ1) is 13.4. The molecule has 2 heterocycles. The van der Waals surface area contributed by atoms with Crippen LogP contribution in [0.3, 0.4) is 0 Å². The van der Waals surface area contributed by atoms with E-state index in [-0.39, 0.29) is 30.3 Å². The van der Waals surface area contributed by atoms with E-state index in [4.69, 9.17) is 0 Å². The molecule has 1 aliphatic rings. The molecule has 1 aromatic heterocycles. The number of thiazole rings is 1. The molecule has 0 aromatic carbocycles. The third kappa shape index (κ3) is 2.93. The van der Waals surface area contributed by atoms with Crippen LogP contribution in [-0.2, 0) is 4.79 Å². The van der Waals surface area contributed by atoms with Crippen LogP contribution in [0.2, 0.25) is 0 Å². The van der Waals surface area contributed by atoms with Gasteiger partial charge in [0.05, 0.1) is 12.0 Å². The van der Waals surface area contributed by atoms with Gasteiger partial charge in [0.25, 0.3) is 0 Å². The maximum atomic E-state index is 11.7. The minimum Gasteiger partial charge on any atom is -0.347 e. The molecular formula is C10H16ClN3OS. The number of hydrogen-bond acceptors (Lipinski definition) is 4. The van der Waals surface area contributed by atoms with Gasteiger partial charge < -0.3 is 10.6 Å². The summed E-state index contributed by atoms with van der Waals surface area (Å²) in [5.41, 5.74) is 0. The number of nitrogens with zero attached hydrogens (tertiary/aromatic N) is 1. The third-order valence-electron chi connectivity index (χ3n) is 2.63. The van der Waals surface area contributed by atoms with Crippen molar-refractivity contribution >= 4 is 29.7 Å². The highest BCUT2D eigenvalue weighted by molar-refractivity contribution is 7.09. The van der Waals surface area contributed by atoms with E-state index in [1.165, 1.54) is 0 Å². The number of hydrogen-bond donors (Lipinski definition) is 2. The summed E-state index contributed by atoms with van der Waals surface area (Å²) >= 11 is 1.59. The summed E-state index contributed by atoms with van der Waals surface area (Å²) in [5.74, 6) is 0.301. The van der Waals surface area contributed by atoms with Gasteiger partial charge in [0.1, 0.15) is 5.01 Å². The van der Waals surface area contributed by atoms with Crippen LogP contribution >= 0.6 is 23.7 Å². The van der Waals surface area contributed by atoms with Gasteiger partial charge in [-0.15, -0.1) is 23.7 Å². The molecule has 1 unspecified atom stereocenters. The van der Waals surface area contributed by atoms with Gasteiger partial charge in [-0.3, -0.25) is 4.79 Å².